The first-order valence-corrected chi connectivity index (χ1v) is 8.77. The Labute approximate surface area is 162 Å². The van der Waals surface area contributed by atoms with Gasteiger partial charge >= 0.3 is 0 Å². The number of guanidine groups is 1. The highest BCUT2D eigenvalue weighted by Crippen LogP contribution is 2.40. The molecule has 138 valence electrons. The summed E-state index contributed by atoms with van der Waals surface area (Å²) in [5.41, 5.74) is 1.19. The zero-order valence-corrected chi connectivity index (χ0v) is 17.2. The van der Waals surface area contributed by atoms with Gasteiger partial charge in [0.05, 0.1) is 6.54 Å². The number of hydrogen-bond acceptors (Lipinski definition) is 4. The zero-order chi connectivity index (χ0) is 16.4. The van der Waals surface area contributed by atoms with Gasteiger partial charge in [-0.3, -0.25) is 0 Å². The van der Waals surface area contributed by atoms with Crippen LogP contribution in [-0.4, -0.2) is 37.4 Å². The summed E-state index contributed by atoms with van der Waals surface area (Å²) in [6, 6.07) is 1.84. The van der Waals surface area contributed by atoms with Crippen molar-refractivity contribution in [2.24, 2.45) is 10.4 Å². The van der Waals surface area contributed by atoms with Crippen LogP contribution in [0.2, 0.25) is 0 Å². The van der Waals surface area contributed by atoms with E-state index in [4.69, 9.17) is 9.26 Å². The number of halogens is 1. The van der Waals surface area contributed by atoms with E-state index in [1.54, 1.807) is 6.26 Å². The van der Waals surface area contributed by atoms with E-state index >= 15 is 0 Å². The Hall–Kier alpha value is -0.830. The molecule has 1 aliphatic carbocycles. The Morgan fingerprint density at radius 1 is 1.33 bits per heavy atom. The first-order valence-electron chi connectivity index (χ1n) is 8.77. The normalized spacial score (nSPS) is 16.7. The van der Waals surface area contributed by atoms with Gasteiger partial charge in [0.25, 0.3) is 0 Å². The van der Waals surface area contributed by atoms with Crippen molar-refractivity contribution in [1.29, 1.82) is 0 Å². The van der Waals surface area contributed by atoms with Crippen molar-refractivity contribution in [1.82, 2.24) is 15.8 Å². The average Bonchev–Trinajstić information content (AvgIpc) is 3.23. The molecule has 2 N–H and O–H groups in total. The molecule has 0 saturated heterocycles. The Morgan fingerprint density at radius 2 is 2.12 bits per heavy atom. The molecule has 1 aliphatic rings. The summed E-state index contributed by atoms with van der Waals surface area (Å²) >= 11 is 0. The number of aliphatic imine (C=N–C) groups is 1. The van der Waals surface area contributed by atoms with Gasteiger partial charge in [-0.05, 0) is 38.5 Å². The third-order valence-electron chi connectivity index (χ3n) is 4.51. The lowest BCUT2D eigenvalue weighted by Gasteiger charge is -2.30. The molecule has 0 aliphatic heterocycles. The maximum Gasteiger partial charge on any atom is 0.191 e. The van der Waals surface area contributed by atoms with Crippen LogP contribution in [0, 0.1) is 5.41 Å². The Kier molecular flexibility index (Phi) is 10.3. The third-order valence-corrected chi connectivity index (χ3v) is 4.51. The van der Waals surface area contributed by atoms with Crippen LogP contribution in [0.5, 0.6) is 0 Å². The minimum atomic E-state index is 0. The van der Waals surface area contributed by atoms with Crippen LogP contribution in [0.25, 0.3) is 0 Å². The topological polar surface area (TPSA) is 71.7 Å². The van der Waals surface area contributed by atoms with Crippen molar-refractivity contribution in [2.75, 3.05) is 26.3 Å². The van der Waals surface area contributed by atoms with Gasteiger partial charge in [-0.15, -0.1) is 24.0 Å². The van der Waals surface area contributed by atoms with Gasteiger partial charge < -0.3 is 19.9 Å². The second-order valence-electron chi connectivity index (χ2n) is 6.19. The number of aromatic nitrogens is 1. The van der Waals surface area contributed by atoms with Crippen molar-refractivity contribution in [2.45, 2.75) is 52.5 Å². The van der Waals surface area contributed by atoms with E-state index in [2.05, 4.69) is 34.6 Å². The van der Waals surface area contributed by atoms with Crippen LogP contribution >= 0.6 is 24.0 Å². The van der Waals surface area contributed by atoms with Crippen molar-refractivity contribution in [3.05, 3.63) is 18.0 Å². The number of ether oxygens (including phenoxy) is 1. The Balaban J connectivity index is 0.00000288. The predicted octanol–water partition coefficient (Wildman–Crippen LogP) is 3.33. The second kappa shape index (κ2) is 11.7. The molecule has 1 aromatic heterocycles. The van der Waals surface area contributed by atoms with Crippen LogP contribution in [-0.2, 0) is 11.3 Å². The largest absolute Gasteiger partial charge is 0.382 e. The maximum atomic E-state index is 5.58. The molecule has 0 atom stereocenters. The summed E-state index contributed by atoms with van der Waals surface area (Å²) in [6.45, 7) is 8.10. The van der Waals surface area contributed by atoms with Crippen molar-refractivity contribution in [3.8, 4) is 0 Å². The molecular formula is C17H31IN4O2. The molecule has 0 amide bonds. The highest BCUT2D eigenvalue weighted by molar-refractivity contribution is 14.0. The summed E-state index contributed by atoms with van der Waals surface area (Å²) in [7, 11) is 0. The highest BCUT2D eigenvalue weighted by Gasteiger charge is 2.33. The maximum absolute atomic E-state index is 5.58. The number of nitrogens with one attached hydrogen (secondary N) is 2. The molecule has 1 heterocycles. The van der Waals surface area contributed by atoms with Gasteiger partial charge in [0.2, 0.25) is 0 Å². The smallest absolute Gasteiger partial charge is 0.191 e. The molecule has 1 aromatic rings. The molecular weight excluding hydrogens is 419 g/mol. The second-order valence-corrected chi connectivity index (χ2v) is 6.19. The Bertz CT molecular complexity index is 459. The van der Waals surface area contributed by atoms with Crippen LogP contribution in [0.15, 0.2) is 21.8 Å². The first-order chi connectivity index (χ1) is 11.3. The van der Waals surface area contributed by atoms with Crippen LogP contribution in [0.3, 0.4) is 0 Å². The predicted molar refractivity (Wildman–Crippen MR) is 107 cm³/mol. The lowest BCUT2D eigenvalue weighted by molar-refractivity contribution is 0.105. The molecule has 0 radical (unpaired) electrons. The molecule has 1 saturated carbocycles. The van der Waals surface area contributed by atoms with Gasteiger partial charge in [0.15, 0.2) is 5.96 Å². The average molecular weight is 450 g/mol. The van der Waals surface area contributed by atoms with Crippen molar-refractivity contribution < 1.29 is 9.26 Å². The zero-order valence-electron chi connectivity index (χ0n) is 14.8. The molecule has 0 spiro atoms. The van der Waals surface area contributed by atoms with Gasteiger partial charge in [-0.1, -0.05) is 18.0 Å². The van der Waals surface area contributed by atoms with Gasteiger partial charge in [0, 0.05) is 32.4 Å². The monoisotopic (exact) mass is 450 g/mol. The molecule has 0 bridgehead atoms. The highest BCUT2D eigenvalue weighted by atomic mass is 127. The number of hydrogen-bond donors (Lipinski definition) is 2. The van der Waals surface area contributed by atoms with Crippen LogP contribution < -0.4 is 10.6 Å². The summed E-state index contributed by atoms with van der Waals surface area (Å²) in [4.78, 5) is 4.59. The molecule has 0 aromatic carbocycles. The fourth-order valence-electron chi connectivity index (χ4n) is 3.17. The summed E-state index contributed by atoms with van der Waals surface area (Å²) in [6.07, 6.45) is 7.88. The van der Waals surface area contributed by atoms with Crippen LogP contribution in [0.4, 0.5) is 0 Å². The SMILES string of the molecule is CCNC(=NCc1ccon1)NCC1(CCOCC)CCCC1.I. The number of rotatable bonds is 9. The standard InChI is InChI=1S/C17H30N4O2.HI/c1-3-18-16(19-13-15-7-11-23-21-15)20-14-17(8-5-6-9-17)10-12-22-4-2;/h7,11H,3-6,8-10,12-14H2,1-2H3,(H2,18,19,20);1H. The van der Waals surface area contributed by atoms with E-state index < -0.39 is 0 Å². The quantitative estimate of drug-likeness (QED) is 0.261. The molecule has 7 heteroatoms. The van der Waals surface area contributed by atoms with E-state index in [0.717, 1.165) is 44.4 Å². The molecule has 2 rings (SSSR count). The summed E-state index contributed by atoms with van der Waals surface area (Å²) < 4.78 is 10.4. The molecule has 24 heavy (non-hydrogen) atoms. The lowest BCUT2D eigenvalue weighted by Crippen LogP contribution is -2.43. The fraction of sp³-hybridized carbons (Fsp3) is 0.765. The van der Waals surface area contributed by atoms with E-state index in [-0.39, 0.29) is 24.0 Å². The minimum Gasteiger partial charge on any atom is -0.382 e. The summed E-state index contributed by atoms with van der Waals surface area (Å²) in [5.74, 6) is 0.846. The first kappa shape index (κ1) is 21.2. The van der Waals surface area contributed by atoms with Gasteiger partial charge in [-0.25, -0.2) is 4.99 Å². The van der Waals surface area contributed by atoms with Crippen molar-refractivity contribution >= 4 is 29.9 Å². The molecule has 1 fully saturated rings. The van der Waals surface area contributed by atoms with Gasteiger partial charge in [0.1, 0.15) is 12.0 Å². The minimum absolute atomic E-state index is 0. The lowest BCUT2D eigenvalue weighted by atomic mass is 9.83. The fourth-order valence-corrected chi connectivity index (χ4v) is 3.17. The Morgan fingerprint density at radius 3 is 2.75 bits per heavy atom. The van der Waals surface area contributed by atoms with E-state index in [1.807, 2.05) is 6.07 Å². The molecule has 6 nitrogen and oxygen atoms in total. The van der Waals surface area contributed by atoms with Crippen LogP contribution in [0.1, 0.15) is 51.6 Å². The molecule has 0 unspecified atom stereocenters. The third kappa shape index (κ3) is 6.96. The number of nitrogens with zero attached hydrogens (tertiary/aromatic N) is 2. The van der Waals surface area contributed by atoms with Gasteiger partial charge in [-0.2, -0.15) is 0 Å². The van der Waals surface area contributed by atoms with E-state index in [1.165, 1.54) is 25.7 Å². The summed E-state index contributed by atoms with van der Waals surface area (Å²) in [5, 5.41) is 10.7. The van der Waals surface area contributed by atoms with Crippen molar-refractivity contribution in [3.63, 3.8) is 0 Å². The van der Waals surface area contributed by atoms with E-state index in [0.29, 0.717) is 12.0 Å². The van der Waals surface area contributed by atoms with E-state index in [9.17, 15) is 0 Å².